The number of hydrogen-bond donors (Lipinski definition) is 1. The molecule has 0 heterocycles. The number of anilines is 1. The molecule has 1 aromatic carbocycles. The second kappa shape index (κ2) is 6.53. The molecule has 0 fully saturated rings. The fourth-order valence-corrected chi connectivity index (χ4v) is 1.88. The lowest BCUT2D eigenvalue weighted by Crippen LogP contribution is -2.23. The van der Waals surface area contributed by atoms with Crippen LogP contribution in [0.25, 0.3) is 0 Å². The van der Waals surface area contributed by atoms with Crippen LogP contribution in [-0.4, -0.2) is 20.3 Å². The molecule has 0 saturated heterocycles. The molecule has 0 radical (unpaired) electrons. The molecule has 18 heavy (non-hydrogen) atoms. The summed E-state index contributed by atoms with van der Waals surface area (Å²) >= 11 is 0. The van der Waals surface area contributed by atoms with Gasteiger partial charge in [-0.25, -0.2) is 0 Å². The fourth-order valence-electron chi connectivity index (χ4n) is 1.88. The Balaban J connectivity index is 2.95. The Morgan fingerprint density at radius 3 is 2.17 bits per heavy atom. The summed E-state index contributed by atoms with van der Waals surface area (Å²) in [4.78, 5) is 0. The van der Waals surface area contributed by atoms with E-state index >= 15 is 0 Å². The van der Waals surface area contributed by atoms with Crippen molar-refractivity contribution < 1.29 is 9.47 Å². The van der Waals surface area contributed by atoms with Crippen LogP contribution in [0.2, 0.25) is 0 Å². The predicted octanol–water partition coefficient (Wildman–Crippen LogP) is 3.86. The topological polar surface area (TPSA) is 30.5 Å². The Bertz CT molecular complexity index is 390. The Kier molecular flexibility index (Phi) is 5.32. The van der Waals surface area contributed by atoms with Gasteiger partial charge in [-0.15, -0.1) is 0 Å². The van der Waals surface area contributed by atoms with Gasteiger partial charge in [0, 0.05) is 17.8 Å². The van der Waals surface area contributed by atoms with Crippen molar-refractivity contribution in [3.8, 4) is 11.5 Å². The second-order valence-corrected chi connectivity index (χ2v) is 4.84. The van der Waals surface area contributed by atoms with Crippen molar-refractivity contribution in [2.75, 3.05) is 19.5 Å². The number of ether oxygens (including phenoxy) is 2. The minimum atomic E-state index is 0.437. The lowest BCUT2D eigenvalue weighted by Gasteiger charge is -2.23. The number of benzene rings is 1. The first-order valence-corrected chi connectivity index (χ1v) is 6.52. The normalized spacial score (nSPS) is 13.9. The van der Waals surface area contributed by atoms with Crippen LogP contribution >= 0.6 is 0 Å². The van der Waals surface area contributed by atoms with Gasteiger partial charge in [-0.3, -0.25) is 0 Å². The van der Waals surface area contributed by atoms with Gasteiger partial charge in [0.2, 0.25) is 0 Å². The first-order chi connectivity index (χ1) is 8.53. The average Bonchev–Trinajstić information content (AvgIpc) is 2.39. The summed E-state index contributed by atoms with van der Waals surface area (Å²) in [5.41, 5.74) is 2.28. The van der Waals surface area contributed by atoms with Crippen molar-refractivity contribution in [3.63, 3.8) is 0 Å². The molecule has 0 bridgehead atoms. The third-order valence-electron chi connectivity index (χ3n) is 3.61. The minimum Gasteiger partial charge on any atom is -0.493 e. The van der Waals surface area contributed by atoms with E-state index in [2.05, 4.69) is 33.0 Å². The number of hydrogen-bond acceptors (Lipinski definition) is 3. The van der Waals surface area contributed by atoms with Gasteiger partial charge >= 0.3 is 0 Å². The van der Waals surface area contributed by atoms with E-state index in [0.717, 1.165) is 17.2 Å². The monoisotopic (exact) mass is 251 g/mol. The van der Waals surface area contributed by atoms with E-state index in [1.165, 1.54) is 12.0 Å². The zero-order valence-electron chi connectivity index (χ0n) is 12.3. The Labute approximate surface area is 110 Å². The smallest absolute Gasteiger partial charge is 0.162 e. The molecular formula is C15H25NO2. The highest BCUT2D eigenvalue weighted by Crippen LogP contribution is 2.33. The lowest BCUT2D eigenvalue weighted by molar-refractivity contribution is 0.355. The summed E-state index contributed by atoms with van der Waals surface area (Å²) < 4.78 is 10.6. The largest absolute Gasteiger partial charge is 0.493 e. The highest BCUT2D eigenvalue weighted by molar-refractivity contribution is 5.60. The van der Waals surface area contributed by atoms with Crippen LogP contribution in [0.3, 0.4) is 0 Å². The number of nitrogens with one attached hydrogen (secondary N) is 1. The van der Waals surface area contributed by atoms with E-state index in [0.29, 0.717) is 12.0 Å². The molecule has 0 aromatic heterocycles. The molecule has 1 rings (SSSR count). The third kappa shape index (κ3) is 3.31. The maximum absolute atomic E-state index is 5.34. The van der Waals surface area contributed by atoms with Gasteiger partial charge < -0.3 is 14.8 Å². The summed E-state index contributed by atoms with van der Waals surface area (Å²) in [6.07, 6.45) is 1.17. The standard InChI is InChI=1S/C15H25NO2/c1-7-10(2)12(4)16-13-9-15(18-6)14(17-5)8-11(13)3/h8-10,12,16H,7H2,1-6H3. The minimum absolute atomic E-state index is 0.437. The van der Waals surface area contributed by atoms with Crippen LogP contribution in [0, 0.1) is 12.8 Å². The van der Waals surface area contributed by atoms with Gasteiger partial charge in [0.15, 0.2) is 11.5 Å². The number of aryl methyl sites for hydroxylation is 1. The summed E-state index contributed by atoms with van der Waals surface area (Å²) in [6.45, 7) is 8.76. The molecule has 3 nitrogen and oxygen atoms in total. The van der Waals surface area contributed by atoms with E-state index < -0.39 is 0 Å². The van der Waals surface area contributed by atoms with Gasteiger partial charge in [-0.1, -0.05) is 20.3 Å². The molecular weight excluding hydrogens is 226 g/mol. The Hall–Kier alpha value is -1.38. The van der Waals surface area contributed by atoms with Crippen LogP contribution in [0.5, 0.6) is 11.5 Å². The summed E-state index contributed by atoms with van der Waals surface area (Å²) in [7, 11) is 3.32. The molecule has 0 spiro atoms. The lowest BCUT2D eigenvalue weighted by atomic mass is 10.00. The van der Waals surface area contributed by atoms with E-state index in [1.54, 1.807) is 14.2 Å². The first-order valence-electron chi connectivity index (χ1n) is 6.52. The maximum Gasteiger partial charge on any atom is 0.162 e. The van der Waals surface area contributed by atoms with Gasteiger partial charge in [-0.05, 0) is 31.4 Å². The molecule has 0 aliphatic rings. The first kappa shape index (κ1) is 14.7. The molecule has 102 valence electrons. The Morgan fingerprint density at radius 1 is 1.11 bits per heavy atom. The van der Waals surface area contributed by atoms with E-state index in [-0.39, 0.29) is 0 Å². The molecule has 0 saturated carbocycles. The van der Waals surface area contributed by atoms with E-state index in [1.807, 2.05) is 12.1 Å². The highest BCUT2D eigenvalue weighted by Gasteiger charge is 2.13. The number of rotatable bonds is 6. The van der Waals surface area contributed by atoms with Crippen molar-refractivity contribution in [3.05, 3.63) is 17.7 Å². The fraction of sp³-hybridized carbons (Fsp3) is 0.600. The zero-order valence-corrected chi connectivity index (χ0v) is 12.3. The van der Waals surface area contributed by atoms with Gasteiger partial charge in [0.25, 0.3) is 0 Å². The van der Waals surface area contributed by atoms with Gasteiger partial charge in [0.05, 0.1) is 14.2 Å². The summed E-state index contributed by atoms with van der Waals surface area (Å²) in [6, 6.07) is 4.45. The molecule has 0 amide bonds. The van der Waals surface area contributed by atoms with Crippen molar-refractivity contribution in [2.45, 2.75) is 40.2 Å². The van der Waals surface area contributed by atoms with Crippen LogP contribution in [0.1, 0.15) is 32.8 Å². The SMILES string of the molecule is CCC(C)C(C)Nc1cc(OC)c(OC)cc1C. The van der Waals surface area contributed by atoms with Crippen LogP contribution in [0.15, 0.2) is 12.1 Å². The Morgan fingerprint density at radius 2 is 1.67 bits per heavy atom. The average molecular weight is 251 g/mol. The van der Waals surface area contributed by atoms with Crippen LogP contribution < -0.4 is 14.8 Å². The van der Waals surface area contributed by atoms with Crippen molar-refractivity contribution in [1.82, 2.24) is 0 Å². The molecule has 1 N–H and O–H groups in total. The maximum atomic E-state index is 5.34. The van der Waals surface area contributed by atoms with E-state index in [9.17, 15) is 0 Å². The molecule has 2 unspecified atom stereocenters. The summed E-state index contributed by atoms with van der Waals surface area (Å²) in [5, 5.41) is 3.55. The van der Waals surface area contributed by atoms with Gasteiger partial charge in [-0.2, -0.15) is 0 Å². The van der Waals surface area contributed by atoms with Gasteiger partial charge in [0.1, 0.15) is 0 Å². The molecule has 0 aliphatic heterocycles. The van der Waals surface area contributed by atoms with E-state index in [4.69, 9.17) is 9.47 Å². The molecule has 0 aliphatic carbocycles. The van der Waals surface area contributed by atoms with Crippen molar-refractivity contribution >= 4 is 5.69 Å². The van der Waals surface area contributed by atoms with Crippen molar-refractivity contribution in [2.24, 2.45) is 5.92 Å². The van der Waals surface area contributed by atoms with Crippen LogP contribution in [0.4, 0.5) is 5.69 Å². The zero-order chi connectivity index (χ0) is 13.7. The summed E-state index contributed by atoms with van der Waals surface area (Å²) in [5.74, 6) is 2.18. The second-order valence-electron chi connectivity index (χ2n) is 4.84. The predicted molar refractivity (Wildman–Crippen MR) is 76.8 cm³/mol. The molecule has 2 atom stereocenters. The third-order valence-corrected chi connectivity index (χ3v) is 3.61. The van der Waals surface area contributed by atoms with Crippen molar-refractivity contribution in [1.29, 1.82) is 0 Å². The molecule has 1 aromatic rings. The molecule has 3 heteroatoms. The number of methoxy groups -OCH3 is 2. The van der Waals surface area contributed by atoms with Crippen LogP contribution in [-0.2, 0) is 0 Å². The highest BCUT2D eigenvalue weighted by atomic mass is 16.5. The quantitative estimate of drug-likeness (QED) is 0.832.